The molecule has 0 aliphatic rings. The Bertz CT molecular complexity index is 468. The number of nitrogens with one attached hydrogen (secondary N) is 1. The molecule has 0 aliphatic heterocycles. The van der Waals surface area contributed by atoms with Crippen molar-refractivity contribution >= 4 is 0 Å². The van der Waals surface area contributed by atoms with E-state index in [1.54, 1.807) is 0 Å². The second-order valence-corrected chi connectivity index (χ2v) is 5.39. The van der Waals surface area contributed by atoms with E-state index in [9.17, 15) is 5.11 Å². The SMILES string of the molecule is CCNCC(C)(O)C(c1ccccc1)c1ccccc1. The molecule has 1 atom stereocenters. The molecule has 0 spiro atoms. The van der Waals surface area contributed by atoms with Gasteiger partial charge in [-0.3, -0.25) is 0 Å². The lowest BCUT2D eigenvalue weighted by Crippen LogP contribution is -2.43. The zero-order valence-corrected chi connectivity index (χ0v) is 12.2. The van der Waals surface area contributed by atoms with Crippen LogP contribution in [0.25, 0.3) is 0 Å². The summed E-state index contributed by atoms with van der Waals surface area (Å²) in [4.78, 5) is 0. The van der Waals surface area contributed by atoms with Crippen LogP contribution in [0.3, 0.4) is 0 Å². The fraction of sp³-hybridized carbons (Fsp3) is 0.333. The highest BCUT2D eigenvalue weighted by molar-refractivity contribution is 5.35. The first-order valence-electron chi connectivity index (χ1n) is 7.18. The molecule has 2 rings (SSSR count). The van der Waals surface area contributed by atoms with Gasteiger partial charge in [-0.25, -0.2) is 0 Å². The standard InChI is InChI=1S/C18H23NO/c1-3-19-14-18(2,20)17(15-10-6-4-7-11-15)16-12-8-5-9-13-16/h4-13,17,19-20H,3,14H2,1-2H3. The van der Waals surface area contributed by atoms with Gasteiger partial charge in [-0.2, -0.15) is 0 Å². The minimum atomic E-state index is -0.835. The van der Waals surface area contributed by atoms with E-state index in [1.807, 2.05) is 43.3 Å². The van der Waals surface area contributed by atoms with E-state index in [2.05, 4.69) is 36.5 Å². The molecule has 2 aromatic carbocycles. The molecule has 0 aliphatic carbocycles. The third-order valence-electron chi connectivity index (χ3n) is 3.62. The number of benzene rings is 2. The van der Waals surface area contributed by atoms with Crippen molar-refractivity contribution in [3.8, 4) is 0 Å². The highest BCUT2D eigenvalue weighted by Gasteiger charge is 2.33. The molecule has 0 saturated carbocycles. The van der Waals surface area contributed by atoms with Gasteiger partial charge in [0.05, 0.1) is 5.60 Å². The average Bonchev–Trinajstić information content (AvgIpc) is 2.47. The van der Waals surface area contributed by atoms with Crippen molar-refractivity contribution < 1.29 is 5.11 Å². The zero-order valence-electron chi connectivity index (χ0n) is 12.2. The summed E-state index contributed by atoms with van der Waals surface area (Å²) in [6, 6.07) is 20.4. The third-order valence-corrected chi connectivity index (χ3v) is 3.62. The number of rotatable bonds is 6. The Labute approximate surface area is 121 Å². The number of hydrogen-bond donors (Lipinski definition) is 2. The van der Waals surface area contributed by atoms with Crippen LogP contribution in [0.5, 0.6) is 0 Å². The van der Waals surface area contributed by atoms with Crippen molar-refractivity contribution in [3.05, 3.63) is 71.8 Å². The van der Waals surface area contributed by atoms with Gasteiger partial charge < -0.3 is 10.4 Å². The van der Waals surface area contributed by atoms with Gasteiger partial charge in [0.1, 0.15) is 0 Å². The van der Waals surface area contributed by atoms with Gasteiger partial charge >= 0.3 is 0 Å². The zero-order chi connectivity index (χ0) is 14.4. The van der Waals surface area contributed by atoms with Gasteiger partial charge in [-0.1, -0.05) is 67.6 Å². The Morgan fingerprint density at radius 3 is 1.80 bits per heavy atom. The molecule has 1 unspecified atom stereocenters. The summed E-state index contributed by atoms with van der Waals surface area (Å²) >= 11 is 0. The van der Waals surface area contributed by atoms with E-state index in [4.69, 9.17) is 0 Å². The molecule has 0 amide bonds. The maximum absolute atomic E-state index is 10.9. The van der Waals surface area contributed by atoms with E-state index in [0.717, 1.165) is 17.7 Å². The van der Waals surface area contributed by atoms with Crippen LogP contribution in [-0.2, 0) is 0 Å². The first-order chi connectivity index (χ1) is 9.65. The molecular formula is C18H23NO. The lowest BCUT2D eigenvalue weighted by Gasteiger charge is -2.34. The molecule has 0 heterocycles. The molecule has 0 bridgehead atoms. The third kappa shape index (κ3) is 3.47. The van der Waals surface area contributed by atoms with Crippen LogP contribution in [-0.4, -0.2) is 23.8 Å². The molecule has 2 heteroatoms. The summed E-state index contributed by atoms with van der Waals surface area (Å²) in [5.74, 6) is -0.0380. The number of likely N-dealkylation sites (N-methyl/N-ethyl adjacent to an activating group) is 1. The molecule has 0 aromatic heterocycles. The Morgan fingerprint density at radius 1 is 0.950 bits per heavy atom. The van der Waals surface area contributed by atoms with Crippen molar-refractivity contribution in [2.24, 2.45) is 0 Å². The van der Waals surface area contributed by atoms with E-state index in [0.29, 0.717) is 6.54 Å². The van der Waals surface area contributed by atoms with Crippen LogP contribution in [0.15, 0.2) is 60.7 Å². The first kappa shape index (κ1) is 14.8. The smallest absolute Gasteiger partial charge is 0.0852 e. The fourth-order valence-electron chi connectivity index (χ4n) is 2.68. The van der Waals surface area contributed by atoms with Crippen molar-refractivity contribution in [3.63, 3.8) is 0 Å². The molecular weight excluding hydrogens is 246 g/mol. The predicted molar refractivity (Wildman–Crippen MR) is 83.9 cm³/mol. The summed E-state index contributed by atoms with van der Waals surface area (Å²) in [5.41, 5.74) is 1.45. The van der Waals surface area contributed by atoms with Crippen molar-refractivity contribution in [1.29, 1.82) is 0 Å². The predicted octanol–water partition coefficient (Wildman–Crippen LogP) is 3.18. The highest BCUT2D eigenvalue weighted by atomic mass is 16.3. The summed E-state index contributed by atoms with van der Waals surface area (Å²) in [6.45, 7) is 5.38. The summed E-state index contributed by atoms with van der Waals surface area (Å²) < 4.78 is 0. The Balaban J connectivity index is 2.40. The Morgan fingerprint density at radius 2 is 1.40 bits per heavy atom. The van der Waals surface area contributed by atoms with Gasteiger partial charge in [0.2, 0.25) is 0 Å². The molecule has 0 radical (unpaired) electrons. The van der Waals surface area contributed by atoms with Gasteiger partial charge in [-0.15, -0.1) is 0 Å². The van der Waals surface area contributed by atoms with Crippen LogP contribution >= 0.6 is 0 Å². The topological polar surface area (TPSA) is 32.3 Å². The fourth-order valence-corrected chi connectivity index (χ4v) is 2.68. The highest BCUT2D eigenvalue weighted by Crippen LogP contribution is 2.34. The van der Waals surface area contributed by atoms with Crippen LogP contribution in [0.1, 0.15) is 30.9 Å². The minimum Gasteiger partial charge on any atom is -0.388 e. The van der Waals surface area contributed by atoms with E-state index in [-0.39, 0.29) is 5.92 Å². The molecule has 0 saturated heterocycles. The van der Waals surface area contributed by atoms with Gasteiger partial charge in [0, 0.05) is 12.5 Å². The normalized spacial score (nSPS) is 14.2. The number of aliphatic hydroxyl groups is 1. The Hall–Kier alpha value is -1.64. The van der Waals surface area contributed by atoms with Crippen LogP contribution in [0.2, 0.25) is 0 Å². The Kier molecular flexibility index (Phi) is 4.94. The first-order valence-corrected chi connectivity index (χ1v) is 7.18. The molecule has 2 nitrogen and oxygen atoms in total. The minimum absolute atomic E-state index is 0.0380. The summed E-state index contributed by atoms with van der Waals surface area (Å²) in [5, 5.41) is 14.2. The van der Waals surface area contributed by atoms with Crippen molar-refractivity contribution in [1.82, 2.24) is 5.32 Å². The molecule has 106 valence electrons. The van der Waals surface area contributed by atoms with Crippen LogP contribution in [0, 0.1) is 0 Å². The summed E-state index contributed by atoms with van der Waals surface area (Å²) in [7, 11) is 0. The van der Waals surface area contributed by atoms with Crippen molar-refractivity contribution in [2.75, 3.05) is 13.1 Å². The quantitative estimate of drug-likeness (QED) is 0.844. The molecule has 0 fully saturated rings. The van der Waals surface area contributed by atoms with E-state index in [1.165, 1.54) is 0 Å². The van der Waals surface area contributed by atoms with Crippen molar-refractivity contribution in [2.45, 2.75) is 25.4 Å². The van der Waals surface area contributed by atoms with Crippen LogP contribution in [0.4, 0.5) is 0 Å². The molecule has 2 N–H and O–H groups in total. The van der Waals surface area contributed by atoms with Crippen LogP contribution < -0.4 is 5.32 Å². The maximum Gasteiger partial charge on any atom is 0.0852 e. The second kappa shape index (κ2) is 6.69. The molecule has 20 heavy (non-hydrogen) atoms. The average molecular weight is 269 g/mol. The van der Waals surface area contributed by atoms with Gasteiger partial charge in [0.25, 0.3) is 0 Å². The lowest BCUT2D eigenvalue weighted by molar-refractivity contribution is 0.0434. The van der Waals surface area contributed by atoms with Gasteiger partial charge in [-0.05, 0) is 24.6 Å². The second-order valence-electron chi connectivity index (χ2n) is 5.39. The van der Waals surface area contributed by atoms with E-state index >= 15 is 0 Å². The largest absolute Gasteiger partial charge is 0.388 e. The molecule has 2 aromatic rings. The lowest BCUT2D eigenvalue weighted by atomic mass is 9.78. The van der Waals surface area contributed by atoms with Gasteiger partial charge in [0.15, 0.2) is 0 Å². The number of hydrogen-bond acceptors (Lipinski definition) is 2. The maximum atomic E-state index is 10.9. The summed E-state index contributed by atoms with van der Waals surface area (Å²) in [6.07, 6.45) is 0. The van der Waals surface area contributed by atoms with E-state index < -0.39 is 5.60 Å². The monoisotopic (exact) mass is 269 g/mol.